The number of nitrogens with zero attached hydrogens (tertiary/aromatic N) is 2. The minimum absolute atomic E-state index is 0.633. The fraction of sp³-hybridized carbons (Fsp3) is 0.167. The van der Waals surface area contributed by atoms with Gasteiger partial charge in [0.15, 0.2) is 0 Å². The van der Waals surface area contributed by atoms with E-state index in [1.54, 1.807) is 0 Å². The van der Waals surface area contributed by atoms with Gasteiger partial charge in [-0.1, -0.05) is 27.5 Å². The van der Waals surface area contributed by atoms with Crippen LogP contribution in [-0.2, 0) is 0 Å². The van der Waals surface area contributed by atoms with Crippen LogP contribution in [0.15, 0.2) is 29.0 Å². The van der Waals surface area contributed by atoms with E-state index in [0.29, 0.717) is 5.02 Å². The molecule has 0 fully saturated rings. The molecule has 1 aromatic carbocycles. The Balaban J connectivity index is 2.34. The second-order valence-electron chi connectivity index (χ2n) is 3.70. The molecule has 0 amide bonds. The molecule has 18 heavy (non-hydrogen) atoms. The maximum absolute atomic E-state index is 6.15. The van der Waals surface area contributed by atoms with Crippen LogP contribution < -0.4 is 10.6 Å². The van der Waals surface area contributed by atoms with E-state index < -0.39 is 0 Å². The number of nitrogens with one attached hydrogen (secondary N) is 2. The van der Waals surface area contributed by atoms with Crippen LogP contribution in [0.25, 0.3) is 0 Å². The molecule has 4 nitrogen and oxygen atoms in total. The molecular formula is C12H12BrClN4. The number of hydrogen-bond acceptors (Lipinski definition) is 4. The van der Waals surface area contributed by atoms with Gasteiger partial charge in [0.25, 0.3) is 0 Å². The predicted octanol–water partition coefficient (Wildman–Crippen LogP) is 3.99. The lowest BCUT2D eigenvalue weighted by molar-refractivity contribution is 1.12. The third-order valence-electron chi connectivity index (χ3n) is 2.51. The Labute approximate surface area is 119 Å². The third-order valence-corrected chi connectivity index (χ3v) is 3.31. The minimum atomic E-state index is 0.633. The molecule has 0 aliphatic carbocycles. The quantitative estimate of drug-likeness (QED) is 0.895. The Kier molecular flexibility index (Phi) is 4.04. The van der Waals surface area contributed by atoms with E-state index in [2.05, 4.69) is 36.5 Å². The van der Waals surface area contributed by atoms with Crippen molar-refractivity contribution in [3.05, 3.63) is 39.6 Å². The summed E-state index contributed by atoms with van der Waals surface area (Å²) in [7, 11) is 1.83. The first-order chi connectivity index (χ1) is 8.61. The number of aromatic nitrogens is 2. The second kappa shape index (κ2) is 5.54. The largest absolute Gasteiger partial charge is 0.373 e. The zero-order chi connectivity index (χ0) is 13.1. The van der Waals surface area contributed by atoms with Gasteiger partial charge in [0, 0.05) is 17.1 Å². The summed E-state index contributed by atoms with van der Waals surface area (Å²) in [6, 6.07) is 5.65. The molecule has 2 N–H and O–H groups in total. The highest BCUT2D eigenvalue weighted by atomic mass is 79.9. The van der Waals surface area contributed by atoms with E-state index in [4.69, 9.17) is 11.6 Å². The maximum Gasteiger partial charge on any atom is 0.138 e. The Hall–Kier alpha value is -1.33. The van der Waals surface area contributed by atoms with E-state index in [1.165, 1.54) is 6.33 Å². The second-order valence-corrected chi connectivity index (χ2v) is 5.02. The molecule has 0 saturated carbocycles. The number of hydrogen-bond donors (Lipinski definition) is 2. The first kappa shape index (κ1) is 13.1. The molecule has 0 saturated heterocycles. The van der Waals surface area contributed by atoms with E-state index in [9.17, 15) is 0 Å². The SMILES string of the molecule is CNc1ncnc(Nc2ccc(Br)cc2Cl)c1C. The van der Waals surface area contributed by atoms with Gasteiger partial charge in [0.1, 0.15) is 18.0 Å². The molecule has 6 heteroatoms. The normalized spacial score (nSPS) is 10.2. The average molecular weight is 328 g/mol. The topological polar surface area (TPSA) is 49.8 Å². The Bertz CT molecular complexity index is 574. The Morgan fingerprint density at radius 2 is 1.94 bits per heavy atom. The number of anilines is 3. The summed E-state index contributed by atoms with van der Waals surface area (Å²) >= 11 is 9.53. The van der Waals surface area contributed by atoms with Crippen LogP contribution in [0.4, 0.5) is 17.3 Å². The summed E-state index contributed by atoms with van der Waals surface area (Å²) < 4.78 is 0.938. The highest BCUT2D eigenvalue weighted by Gasteiger charge is 2.08. The van der Waals surface area contributed by atoms with Gasteiger partial charge in [0.05, 0.1) is 10.7 Å². The fourth-order valence-corrected chi connectivity index (χ4v) is 2.27. The molecule has 0 bridgehead atoms. The van der Waals surface area contributed by atoms with E-state index in [1.807, 2.05) is 32.2 Å². The zero-order valence-electron chi connectivity index (χ0n) is 9.96. The molecule has 94 valence electrons. The Morgan fingerprint density at radius 3 is 2.61 bits per heavy atom. The number of benzene rings is 1. The van der Waals surface area contributed by atoms with Crippen molar-refractivity contribution in [1.29, 1.82) is 0 Å². The number of halogens is 2. The van der Waals surface area contributed by atoms with Crippen molar-refractivity contribution in [2.24, 2.45) is 0 Å². The molecule has 1 aromatic heterocycles. The van der Waals surface area contributed by atoms with Crippen molar-refractivity contribution in [2.75, 3.05) is 17.7 Å². The average Bonchev–Trinajstić information content (AvgIpc) is 2.35. The van der Waals surface area contributed by atoms with Gasteiger partial charge < -0.3 is 10.6 Å². The molecule has 1 heterocycles. The first-order valence-electron chi connectivity index (χ1n) is 5.33. The predicted molar refractivity (Wildman–Crippen MR) is 78.8 cm³/mol. The molecule has 0 radical (unpaired) electrons. The van der Waals surface area contributed by atoms with Gasteiger partial charge >= 0.3 is 0 Å². The van der Waals surface area contributed by atoms with Gasteiger partial charge in [-0.25, -0.2) is 9.97 Å². The monoisotopic (exact) mass is 326 g/mol. The van der Waals surface area contributed by atoms with E-state index in [-0.39, 0.29) is 0 Å². The van der Waals surface area contributed by atoms with E-state index >= 15 is 0 Å². The van der Waals surface area contributed by atoms with Crippen molar-refractivity contribution >= 4 is 44.9 Å². The summed E-state index contributed by atoms with van der Waals surface area (Å²) in [6.07, 6.45) is 1.51. The van der Waals surface area contributed by atoms with Crippen molar-refractivity contribution < 1.29 is 0 Å². The van der Waals surface area contributed by atoms with Gasteiger partial charge in [-0.2, -0.15) is 0 Å². The van der Waals surface area contributed by atoms with Crippen LogP contribution in [0.5, 0.6) is 0 Å². The lowest BCUT2D eigenvalue weighted by Crippen LogP contribution is -2.02. The maximum atomic E-state index is 6.15. The summed E-state index contributed by atoms with van der Waals surface area (Å²) in [4.78, 5) is 8.35. The molecule has 0 aliphatic heterocycles. The van der Waals surface area contributed by atoms with Gasteiger partial charge in [-0.05, 0) is 25.1 Å². The van der Waals surface area contributed by atoms with Crippen molar-refractivity contribution in [1.82, 2.24) is 9.97 Å². The van der Waals surface area contributed by atoms with Crippen LogP contribution in [-0.4, -0.2) is 17.0 Å². The van der Waals surface area contributed by atoms with Gasteiger partial charge in [-0.15, -0.1) is 0 Å². The lowest BCUT2D eigenvalue weighted by atomic mass is 10.2. The standard InChI is InChI=1S/C12H12BrClN4/c1-7-11(15-2)16-6-17-12(7)18-10-4-3-8(13)5-9(10)14/h3-6H,1-2H3,(H2,15,16,17,18). The van der Waals surface area contributed by atoms with Crippen LogP contribution in [0.3, 0.4) is 0 Å². The Morgan fingerprint density at radius 1 is 1.22 bits per heavy atom. The summed E-state index contributed by atoms with van der Waals surface area (Å²) in [6.45, 7) is 1.95. The van der Waals surface area contributed by atoms with Crippen LogP contribution in [0.2, 0.25) is 5.02 Å². The van der Waals surface area contributed by atoms with Crippen LogP contribution in [0.1, 0.15) is 5.56 Å². The zero-order valence-corrected chi connectivity index (χ0v) is 12.3. The molecule has 0 spiro atoms. The summed E-state index contributed by atoms with van der Waals surface area (Å²) in [5.41, 5.74) is 1.75. The lowest BCUT2D eigenvalue weighted by Gasteiger charge is -2.12. The van der Waals surface area contributed by atoms with Crippen molar-refractivity contribution in [3.8, 4) is 0 Å². The highest BCUT2D eigenvalue weighted by Crippen LogP contribution is 2.29. The van der Waals surface area contributed by atoms with Crippen molar-refractivity contribution in [3.63, 3.8) is 0 Å². The van der Waals surface area contributed by atoms with Gasteiger partial charge in [-0.3, -0.25) is 0 Å². The van der Waals surface area contributed by atoms with Crippen molar-refractivity contribution in [2.45, 2.75) is 6.92 Å². The summed E-state index contributed by atoms with van der Waals surface area (Å²) in [5.74, 6) is 1.53. The van der Waals surface area contributed by atoms with Crippen LogP contribution >= 0.6 is 27.5 Å². The smallest absolute Gasteiger partial charge is 0.138 e. The molecule has 2 aromatic rings. The first-order valence-corrected chi connectivity index (χ1v) is 6.50. The minimum Gasteiger partial charge on any atom is -0.373 e. The molecular weight excluding hydrogens is 316 g/mol. The molecule has 0 aliphatic rings. The highest BCUT2D eigenvalue weighted by molar-refractivity contribution is 9.10. The third kappa shape index (κ3) is 2.73. The van der Waals surface area contributed by atoms with E-state index in [0.717, 1.165) is 27.4 Å². The van der Waals surface area contributed by atoms with Crippen LogP contribution in [0, 0.1) is 6.92 Å². The molecule has 0 atom stereocenters. The fourth-order valence-electron chi connectivity index (χ4n) is 1.55. The van der Waals surface area contributed by atoms with Gasteiger partial charge in [0.2, 0.25) is 0 Å². The molecule has 2 rings (SSSR count). The summed E-state index contributed by atoms with van der Waals surface area (Å²) in [5, 5.41) is 6.84. The molecule has 0 unspecified atom stereocenters. The number of rotatable bonds is 3.